The van der Waals surface area contributed by atoms with Gasteiger partial charge in [0.05, 0.1) is 0 Å². The largest absolute Gasteiger partial charge is 0.453 e. The summed E-state index contributed by atoms with van der Waals surface area (Å²) in [4.78, 5) is 14.3. The molecule has 1 aromatic carbocycles. The molecule has 1 aliphatic rings. The maximum Gasteiger partial charge on any atom is 0.453 e. The van der Waals surface area contributed by atoms with Crippen molar-refractivity contribution in [2.75, 3.05) is 23.3 Å². The van der Waals surface area contributed by atoms with Crippen molar-refractivity contribution in [1.29, 1.82) is 0 Å². The van der Waals surface area contributed by atoms with Crippen LogP contribution in [-0.4, -0.2) is 38.8 Å². The van der Waals surface area contributed by atoms with Gasteiger partial charge < -0.3 is 10.2 Å². The van der Waals surface area contributed by atoms with Gasteiger partial charge in [-0.05, 0) is 49.2 Å². The van der Waals surface area contributed by atoms with Gasteiger partial charge in [-0.25, -0.2) is 0 Å². The highest BCUT2D eigenvalue weighted by Gasteiger charge is 2.38. The van der Waals surface area contributed by atoms with Crippen LogP contribution in [0.4, 0.5) is 24.7 Å². The van der Waals surface area contributed by atoms with Gasteiger partial charge in [0.1, 0.15) is 5.82 Å². The molecule has 7 nitrogen and oxygen atoms in total. The quantitative estimate of drug-likeness (QED) is 0.694. The fourth-order valence-electron chi connectivity index (χ4n) is 3.27. The van der Waals surface area contributed by atoms with Crippen molar-refractivity contribution in [3.63, 3.8) is 0 Å². The predicted molar refractivity (Wildman–Crippen MR) is 101 cm³/mol. The number of benzene rings is 1. The van der Waals surface area contributed by atoms with Gasteiger partial charge in [0.25, 0.3) is 5.82 Å². The lowest BCUT2D eigenvalue weighted by Gasteiger charge is -2.32. The number of alkyl halides is 3. The van der Waals surface area contributed by atoms with Gasteiger partial charge in [-0.2, -0.15) is 17.7 Å². The van der Waals surface area contributed by atoms with Gasteiger partial charge in [-0.1, -0.05) is 11.6 Å². The Morgan fingerprint density at radius 2 is 1.76 bits per heavy atom. The third kappa shape index (κ3) is 4.12. The van der Waals surface area contributed by atoms with E-state index in [1.807, 2.05) is 4.90 Å². The third-order valence-electron chi connectivity index (χ3n) is 4.80. The summed E-state index contributed by atoms with van der Waals surface area (Å²) in [5, 5.41) is 14.2. The SMILES string of the molecule is O=C(Nc1ccc(Cl)cc1)C1CCN(c2ccc3nnc(C(F)(F)F)n3n2)CC1. The molecule has 0 spiro atoms. The monoisotopic (exact) mass is 424 g/mol. The number of amides is 1. The van der Waals surface area contributed by atoms with Crippen LogP contribution in [0.1, 0.15) is 18.7 Å². The fourth-order valence-corrected chi connectivity index (χ4v) is 3.40. The molecule has 4 rings (SSSR count). The molecule has 1 N–H and O–H groups in total. The van der Waals surface area contributed by atoms with E-state index in [-0.39, 0.29) is 17.5 Å². The highest BCUT2D eigenvalue weighted by Crippen LogP contribution is 2.29. The number of hydrogen-bond acceptors (Lipinski definition) is 5. The average molecular weight is 425 g/mol. The Morgan fingerprint density at radius 1 is 1.07 bits per heavy atom. The number of rotatable bonds is 3. The summed E-state index contributed by atoms with van der Waals surface area (Å²) in [6.07, 6.45) is -3.52. The lowest BCUT2D eigenvalue weighted by atomic mass is 9.96. The summed E-state index contributed by atoms with van der Waals surface area (Å²) >= 11 is 5.84. The first kappa shape index (κ1) is 19.4. The molecular weight excluding hydrogens is 409 g/mol. The summed E-state index contributed by atoms with van der Waals surface area (Å²) in [7, 11) is 0. The Morgan fingerprint density at radius 3 is 2.41 bits per heavy atom. The Balaban J connectivity index is 1.42. The van der Waals surface area contributed by atoms with E-state index in [9.17, 15) is 18.0 Å². The van der Waals surface area contributed by atoms with Crippen molar-refractivity contribution in [2.24, 2.45) is 5.92 Å². The smallest absolute Gasteiger partial charge is 0.355 e. The van der Waals surface area contributed by atoms with Crippen LogP contribution in [-0.2, 0) is 11.0 Å². The zero-order chi connectivity index (χ0) is 20.6. The number of nitrogens with one attached hydrogen (secondary N) is 1. The molecule has 1 fully saturated rings. The zero-order valence-electron chi connectivity index (χ0n) is 15.0. The molecule has 0 bridgehead atoms. The first-order chi connectivity index (χ1) is 13.8. The Bertz CT molecular complexity index is 1030. The van der Waals surface area contributed by atoms with E-state index < -0.39 is 12.0 Å². The van der Waals surface area contributed by atoms with E-state index in [0.717, 1.165) is 0 Å². The van der Waals surface area contributed by atoms with Crippen molar-refractivity contribution in [3.8, 4) is 0 Å². The molecule has 1 amide bonds. The molecule has 3 heterocycles. The molecule has 0 radical (unpaired) electrons. The Hall–Kier alpha value is -2.88. The first-order valence-corrected chi connectivity index (χ1v) is 9.30. The fraction of sp³-hybridized carbons (Fsp3) is 0.333. The van der Waals surface area contributed by atoms with Crippen molar-refractivity contribution in [3.05, 3.63) is 47.2 Å². The van der Waals surface area contributed by atoms with Crippen LogP contribution in [0, 0.1) is 5.92 Å². The normalized spacial score (nSPS) is 15.7. The predicted octanol–water partition coefficient (Wildman–Crippen LogP) is 3.65. The maximum absolute atomic E-state index is 13.0. The van der Waals surface area contributed by atoms with E-state index >= 15 is 0 Å². The summed E-state index contributed by atoms with van der Waals surface area (Å²) in [5.74, 6) is -1.05. The molecule has 152 valence electrons. The van der Waals surface area contributed by atoms with Crippen molar-refractivity contribution >= 4 is 34.7 Å². The molecule has 2 aromatic heterocycles. The summed E-state index contributed by atoms with van der Waals surface area (Å²) in [6.45, 7) is 1.00. The van der Waals surface area contributed by atoms with Gasteiger partial charge in [-0.15, -0.1) is 15.3 Å². The second-order valence-electron chi connectivity index (χ2n) is 6.74. The zero-order valence-corrected chi connectivity index (χ0v) is 15.8. The van der Waals surface area contributed by atoms with Crippen LogP contribution in [0.25, 0.3) is 5.65 Å². The molecule has 0 unspecified atom stereocenters. The molecule has 0 aliphatic carbocycles. The summed E-state index contributed by atoms with van der Waals surface area (Å²) in [6, 6.07) is 9.91. The number of carbonyl (C=O) groups excluding carboxylic acids is 1. The minimum absolute atomic E-state index is 0.0262. The number of anilines is 2. The van der Waals surface area contributed by atoms with E-state index in [2.05, 4.69) is 20.6 Å². The minimum Gasteiger partial charge on any atom is -0.355 e. The number of fused-ring (bicyclic) bond motifs is 1. The highest BCUT2D eigenvalue weighted by atomic mass is 35.5. The van der Waals surface area contributed by atoms with Crippen molar-refractivity contribution in [2.45, 2.75) is 19.0 Å². The Labute approximate surface area is 168 Å². The second-order valence-corrected chi connectivity index (χ2v) is 7.18. The molecule has 0 atom stereocenters. The number of hydrogen-bond donors (Lipinski definition) is 1. The minimum atomic E-state index is -4.64. The highest BCUT2D eigenvalue weighted by molar-refractivity contribution is 6.30. The number of nitrogens with zero attached hydrogens (tertiary/aromatic N) is 5. The molecule has 0 saturated carbocycles. The van der Waals surface area contributed by atoms with Crippen molar-refractivity contribution < 1.29 is 18.0 Å². The van der Waals surface area contributed by atoms with Crippen LogP contribution in [0.15, 0.2) is 36.4 Å². The number of piperidine rings is 1. The molecule has 1 saturated heterocycles. The first-order valence-electron chi connectivity index (χ1n) is 8.92. The van der Waals surface area contributed by atoms with Gasteiger partial charge in [0.15, 0.2) is 5.65 Å². The number of carbonyl (C=O) groups is 1. The van der Waals surface area contributed by atoms with Crippen LogP contribution in [0.2, 0.25) is 5.02 Å². The molecule has 11 heteroatoms. The van der Waals surface area contributed by atoms with Crippen molar-refractivity contribution in [1.82, 2.24) is 19.8 Å². The van der Waals surface area contributed by atoms with Gasteiger partial charge in [0, 0.05) is 29.7 Å². The average Bonchev–Trinajstić information content (AvgIpc) is 3.13. The van der Waals surface area contributed by atoms with E-state index in [1.165, 1.54) is 6.07 Å². The van der Waals surface area contributed by atoms with Crippen LogP contribution >= 0.6 is 11.6 Å². The van der Waals surface area contributed by atoms with E-state index in [1.54, 1.807) is 30.3 Å². The summed E-state index contributed by atoms with van der Waals surface area (Å²) < 4.78 is 39.8. The number of halogens is 4. The topological polar surface area (TPSA) is 75.4 Å². The second kappa shape index (κ2) is 7.51. The molecule has 1 aliphatic heterocycles. The molecule has 29 heavy (non-hydrogen) atoms. The molecule has 3 aromatic rings. The maximum atomic E-state index is 13.0. The van der Waals surface area contributed by atoms with E-state index in [4.69, 9.17) is 11.6 Å². The lowest BCUT2D eigenvalue weighted by molar-refractivity contribution is -0.146. The standard InChI is InChI=1S/C18H16ClF3N6O/c19-12-1-3-13(4-2-12)23-16(29)11-7-9-27(10-8-11)15-6-5-14-24-25-17(18(20,21)22)28(14)26-15/h1-6,11H,7-10H2,(H,23,29). The van der Waals surface area contributed by atoms with Crippen LogP contribution in [0.5, 0.6) is 0 Å². The molecular formula is C18H16ClF3N6O. The van der Waals surface area contributed by atoms with Gasteiger partial charge in [-0.3, -0.25) is 4.79 Å². The van der Waals surface area contributed by atoms with Gasteiger partial charge >= 0.3 is 6.18 Å². The van der Waals surface area contributed by atoms with E-state index in [0.29, 0.717) is 47.0 Å². The van der Waals surface area contributed by atoms with Gasteiger partial charge in [0.2, 0.25) is 5.91 Å². The Kier molecular flexibility index (Phi) is 5.03. The lowest BCUT2D eigenvalue weighted by Crippen LogP contribution is -2.38. The summed E-state index contributed by atoms with van der Waals surface area (Å²) in [5.41, 5.74) is 0.694. The number of aromatic nitrogens is 4. The third-order valence-corrected chi connectivity index (χ3v) is 5.06. The van der Waals surface area contributed by atoms with Crippen LogP contribution < -0.4 is 10.2 Å². The van der Waals surface area contributed by atoms with Crippen LogP contribution in [0.3, 0.4) is 0 Å².